The van der Waals surface area contributed by atoms with Crippen molar-refractivity contribution in [3.8, 4) is 0 Å². The zero-order valence-electron chi connectivity index (χ0n) is 16.5. The number of rotatable bonds is 5. The first-order chi connectivity index (χ1) is 13.0. The first kappa shape index (κ1) is 19.6. The zero-order chi connectivity index (χ0) is 19.2. The Balaban J connectivity index is 1.44. The van der Waals surface area contributed by atoms with Gasteiger partial charge >= 0.3 is 0 Å². The van der Waals surface area contributed by atoms with Crippen LogP contribution in [0.15, 0.2) is 48.5 Å². The van der Waals surface area contributed by atoms with Gasteiger partial charge in [0.2, 0.25) is 0 Å². The summed E-state index contributed by atoms with van der Waals surface area (Å²) in [6.45, 7) is 11.6. The van der Waals surface area contributed by atoms with Gasteiger partial charge in [-0.05, 0) is 56.2 Å². The van der Waals surface area contributed by atoms with Gasteiger partial charge in [0.15, 0.2) is 5.11 Å². The molecule has 5 heteroatoms. The molecular formula is C22H30N4S. The van der Waals surface area contributed by atoms with E-state index in [0.717, 1.165) is 38.4 Å². The fraction of sp³-hybridized carbons (Fsp3) is 0.409. The predicted octanol–water partition coefficient (Wildman–Crippen LogP) is 3.80. The number of para-hydroxylation sites is 2. The highest BCUT2D eigenvalue weighted by Crippen LogP contribution is 2.19. The minimum absolute atomic E-state index is 0.445. The zero-order valence-corrected chi connectivity index (χ0v) is 17.4. The third kappa shape index (κ3) is 5.21. The molecule has 0 spiro atoms. The van der Waals surface area contributed by atoms with Crippen LogP contribution in [-0.2, 0) is 0 Å². The van der Waals surface area contributed by atoms with Crippen molar-refractivity contribution in [3.05, 3.63) is 59.7 Å². The van der Waals surface area contributed by atoms with E-state index < -0.39 is 0 Å². The molecule has 0 saturated carbocycles. The van der Waals surface area contributed by atoms with Crippen molar-refractivity contribution in [1.82, 2.24) is 10.2 Å². The van der Waals surface area contributed by atoms with Gasteiger partial charge < -0.3 is 15.5 Å². The SMILES string of the molecule is Cc1cccc(C)c1NC(=S)NCC(C)N1CCN(c2ccccc2)CC1. The fourth-order valence-corrected chi connectivity index (χ4v) is 3.78. The summed E-state index contributed by atoms with van der Waals surface area (Å²) in [7, 11) is 0. The summed E-state index contributed by atoms with van der Waals surface area (Å²) in [5, 5.41) is 7.45. The molecule has 1 heterocycles. The molecule has 2 aromatic carbocycles. The molecule has 1 atom stereocenters. The molecule has 1 fully saturated rings. The number of nitrogens with one attached hydrogen (secondary N) is 2. The molecule has 3 rings (SSSR count). The number of piperazine rings is 1. The number of thiocarbonyl (C=S) groups is 1. The van der Waals surface area contributed by atoms with Gasteiger partial charge in [-0.25, -0.2) is 0 Å². The maximum Gasteiger partial charge on any atom is 0.170 e. The van der Waals surface area contributed by atoms with Crippen molar-refractivity contribution in [2.45, 2.75) is 26.8 Å². The average molecular weight is 383 g/mol. The smallest absolute Gasteiger partial charge is 0.170 e. The van der Waals surface area contributed by atoms with Gasteiger partial charge in [0.05, 0.1) is 0 Å². The summed E-state index contributed by atoms with van der Waals surface area (Å²) >= 11 is 5.51. The van der Waals surface area contributed by atoms with Gasteiger partial charge in [0.1, 0.15) is 0 Å². The van der Waals surface area contributed by atoms with Crippen LogP contribution < -0.4 is 15.5 Å². The van der Waals surface area contributed by atoms with Crippen LogP contribution >= 0.6 is 12.2 Å². The maximum absolute atomic E-state index is 5.51. The topological polar surface area (TPSA) is 30.5 Å². The number of hydrogen-bond donors (Lipinski definition) is 2. The van der Waals surface area contributed by atoms with Crippen LogP contribution in [0, 0.1) is 13.8 Å². The summed E-state index contributed by atoms with van der Waals surface area (Å²) in [6, 6.07) is 17.4. The Morgan fingerprint density at radius 2 is 1.59 bits per heavy atom. The lowest BCUT2D eigenvalue weighted by Gasteiger charge is -2.39. The van der Waals surface area contributed by atoms with Gasteiger partial charge in [-0.2, -0.15) is 0 Å². The monoisotopic (exact) mass is 382 g/mol. The van der Waals surface area contributed by atoms with Crippen LogP contribution in [0.4, 0.5) is 11.4 Å². The maximum atomic E-state index is 5.51. The molecule has 0 bridgehead atoms. The number of anilines is 2. The highest BCUT2D eigenvalue weighted by Gasteiger charge is 2.21. The molecule has 1 aliphatic heterocycles. The van der Waals surface area contributed by atoms with Crippen LogP contribution in [0.5, 0.6) is 0 Å². The summed E-state index contributed by atoms with van der Waals surface area (Å²) in [5.41, 5.74) is 4.86. The van der Waals surface area contributed by atoms with Crippen molar-refractivity contribution >= 4 is 28.7 Å². The first-order valence-electron chi connectivity index (χ1n) is 9.69. The molecule has 1 saturated heterocycles. The second-order valence-electron chi connectivity index (χ2n) is 7.31. The van der Waals surface area contributed by atoms with Crippen molar-refractivity contribution in [3.63, 3.8) is 0 Å². The summed E-state index contributed by atoms with van der Waals surface area (Å²) in [5.74, 6) is 0. The summed E-state index contributed by atoms with van der Waals surface area (Å²) in [4.78, 5) is 5.00. The Morgan fingerprint density at radius 1 is 0.963 bits per heavy atom. The Kier molecular flexibility index (Phi) is 6.69. The fourth-order valence-electron chi connectivity index (χ4n) is 3.60. The number of hydrogen-bond acceptors (Lipinski definition) is 3. The van der Waals surface area contributed by atoms with Crippen molar-refractivity contribution in [2.24, 2.45) is 0 Å². The lowest BCUT2D eigenvalue weighted by Crippen LogP contribution is -2.52. The quantitative estimate of drug-likeness (QED) is 0.768. The van der Waals surface area contributed by atoms with Gasteiger partial charge in [-0.15, -0.1) is 0 Å². The third-order valence-electron chi connectivity index (χ3n) is 5.34. The highest BCUT2D eigenvalue weighted by atomic mass is 32.1. The first-order valence-corrected chi connectivity index (χ1v) is 10.1. The lowest BCUT2D eigenvalue weighted by atomic mass is 10.1. The van der Waals surface area contributed by atoms with Gasteiger partial charge in [-0.3, -0.25) is 4.90 Å². The standard InChI is InChI=1S/C22H30N4S/c1-17-8-7-9-18(2)21(17)24-22(27)23-16-19(3)25-12-14-26(15-13-25)20-10-5-4-6-11-20/h4-11,19H,12-16H2,1-3H3,(H2,23,24,27). The van der Waals surface area contributed by atoms with E-state index in [2.05, 4.69) is 89.7 Å². The van der Waals surface area contributed by atoms with E-state index in [0.29, 0.717) is 11.2 Å². The van der Waals surface area contributed by atoms with Crippen LogP contribution in [-0.4, -0.2) is 48.8 Å². The van der Waals surface area contributed by atoms with E-state index in [-0.39, 0.29) is 0 Å². The van der Waals surface area contributed by atoms with E-state index in [4.69, 9.17) is 12.2 Å². The summed E-state index contributed by atoms with van der Waals surface area (Å²) in [6.07, 6.45) is 0. The Labute approximate surface area is 168 Å². The number of aryl methyl sites for hydroxylation is 2. The Hall–Kier alpha value is -2.11. The molecule has 1 aliphatic rings. The summed E-state index contributed by atoms with van der Waals surface area (Å²) < 4.78 is 0. The van der Waals surface area contributed by atoms with Crippen molar-refractivity contribution in [2.75, 3.05) is 42.9 Å². The van der Waals surface area contributed by atoms with Crippen LogP contribution in [0.25, 0.3) is 0 Å². The van der Waals surface area contributed by atoms with Crippen LogP contribution in [0.3, 0.4) is 0 Å². The van der Waals surface area contributed by atoms with E-state index in [9.17, 15) is 0 Å². The molecule has 27 heavy (non-hydrogen) atoms. The largest absolute Gasteiger partial charge is 0.369 e. The molecule has 144 valence electrons. The average Bonchev–Trinajstić information content (AvgIpc) is 2.70. The van der Waals surface area contributed by atoms with E-state index in [1.165, 1.54) is 16.8 Å². The normalized spacial score (nSPS) is 16.0. The van der Waals surface area contributed by atoms with Gasteiger partial charge in [0, 0.05) is 50.1 Å². The van der Waals surface area contributed by atoms with Crippen molar-refractivity contribution < 1.29 is 0 Å². The second kappa shape index (κ2) is 9.20. The van der Waals surface area contributed by atoms with Crippen molar-refractivity contribution in [1.29, 1.82) is 0 Å². The minimum Gasteiger partial charge on any atom is -0.369 e. The molecular weight excluding hydrogens is 352 g/mol. The van der Waals surface area contributed by atoms with Gasteiger partial charge in [0.25, 0.3) is 0 Å². The molecule has 0 aromatic heterocycles. The highest BCUT2D eigenvalue weighted by molar-refractivity contribution is 7.80. The third-order valence-corrected chi connectivity index (χ3v) is 5.58. The molecule has 4 nitrogen and oxygen atoms in total. The van der Waals surface area contributed by atoms with Gasteiger partial charge in [-0.1, -0.05) is 36.4 Å². The number of nitrogens with zero attached hydrogens (tertiary/aromatic N) is 2. The molecule has 2 N–H and O–H groups in total. The predicted molar refractivity (Wildman–Crippen MR) is 120 cm³/mol. The van der Waals surface area contributed by atoms with Crippen LogP contribution in [0.2, 0.25) is 0 Å². The minimum atomic E-state index is 0.445. The van der Waals surface area contributed by atoms with E-state index in [1.54, 1.807) is 0 Å². The molecule has 0 amide bonds. The van der Waals surface area contributed by atoms with E-state index >= 15 is 0 Å². The van der Waals surface area contributed by atoms with Crippen LogP contribution in [0.1, 0.15) is 18.1 Å². The molecule has 0 aliphatic carbocycles. The Morgan fingerprint density at radius 3 is 2.22 bits per heavy atom. The molecule has 1 unspecified atom stereocenters. The van der Waals surface area contributed by atoms with E-state index in [1.807, 2.05) is 0 Å². The molecule has 2 aromatic rings. The Bertz CT molecular complexity index is 734. The number of benzene rings is 2. The lowest BCUT2D eigenvalue weighted by molar-refractivity contribution is 0.198. The second-order valence-corrected chi connectivity index (χ2v) is 7.72. The molecule has 0 radical (unpaired) electrons.